The van der Waals surface area contributed by atoms with Gasteiger partial charge in [0.05, 0.1) is 5.69 Å². The molecule has 1 amide bonds. The lowest BCUT2D eigenvalue weighted by Crippen LogP contribution is -2.14. The first-order valence-corrected chi connectivity index (χ1v) is 8.92. The van der Waals surface area contributed by atoms with Gasteiger partial charge in [-0.1, -0.05) is 40.2 Å². The lowest BCUT2D eigenvalue weighted by molar-refractivity contribution is -0.116. The highest BCUT2D eigenvalue weighted by atomic mass is 79.9. The number of anilines is 1. The number of allylic oxidation sites excluding steroid dienone is 2. The topological polar surface area (TPSA) is 42.0 Å². The van der Waals surface area contributed by atoms with Gasteiger partial charge in [0, 0.05) is 21.3 Å². The van der Waals surface area contributed by atoms with Crippen LogP contribution < -0.4 is 5.32 Å². The summed E-state index contributed by atoms with van der Waals surface area (Å²) in [7, 11) is 0. The Morgan fingerprint density at radius 2 is 2.18 bits per heavy atom. The van der Waals surface area contributed by atoms with Gasteiger partial charge in [0.2, 0.25) is 5.91 Å². The largest absolute Gasteiger partial charge is 0.302 e. The molecular formula is C17H17BrN2OS. The minimum atomic E-state index is 0.0488. The van der Waals surface area contributed by atoms with Gasteiger partial charge in [-0.25, -0.2) is 4.98 Å². The molecule has 0 saturated heterocycles. The van der Waals surface area contributed by atoms with E-state index in [0.29, 0.717) is 17.5 Å². The van der Waals surface area contributed by atoms with Crippen molar-refractivity contribution in [1.29, 1.82) is 0 Å². The molecule has 1 N–H and O–H groups in total. The van der Waals surface area contributed by atoms with Crippen LogP contribution in [0, 0.1) is 12.8 Å². The first-order valence-electron chi connectivity index (χ1n) is 7.31. The van der Waals surface area contributed by atoms with E-state index in [9.17, 15) is 4.79 Å². The average Bonchev–Trinajstić information content (AvgIpc) is 3.10. The number of thiazole rings is 1. The van der Waals surface area contributed by atoms with Gasteiger partial charge in [-0.15, -0.1) is 11.3 Å². The molecule has 22 heavy (non-hydrogen) atoms. The number of nitrogens with one attached hydrogen (secondary N) is 1. The highest BCUT2D eigenvalue weighted by Crippen LogP contribution is 2.31. The number of amides is 1. The molecule has 1 aliphatic rings. The van der Waals surface area contributed by atoms with Crippen molar-refractivity contribution in [1.82, 2.24) is 4.98 Å². The molecule has 1 aromatic carbocycles. The molecule has 1 unspecified atom stereocenters. The maximum atomic E-state index is 12.1. The van der Waals surface area contributed by atoms with Crippen LogP contribution in [0.4, 0.5) is 5.13 Å². The van der Waals surface area contributed by atoms with Gasteiger partial charge >= 0.3 is 0 Å². The Hall–Kier alpha value is -1.46. The minimum absolute atomic E-state index is 0.0488. The molecule has 0 bridgehead atoms. The van der Waals surface area contributed by atoms with Crippen LogP contribution in [-0.4, -0.2) is 10.9 Å². The number of aryl methyl sites for hydroxylation is 1. The van der Waals surface area contributed by atoms with Crippen LogP contribution in [0.3, 0.4) is 0 Å². The molecule has 0 radical (unpaired) electrons. The Morgan fingerprint density at radius 3 is 2.86 bits per heavy atom. The van der Waals surface area contributed by atoms with Gasteiger partial charge in [0.15, 0.2) is 5.13 Å². The molecule has 1 heterocycles. The zero-order chi connectivity index (χ0) is 15.5. The Morgan fingerprint density at radius 1 is 1.41 bits per heavy atom. The van der Waals surface area contributed by atoms with Crippen LogP contribution in [0.15, 0.2) is 40.9 Å². The molecule has 0 aliphatic heterocycles. The maximum absolute atomic E-state index is 12.1. The summed E-state index contributed by atoms with van der Waals surface area (Å²) in [6.45, 7) is 2.03. The third-order valence-corrected chi connectivity index (χ3v) is 5.14. The summed E-state index contributed by atoms with van der Waals surface area (Å²) in [5, 5.41) is 3.62. The Balaban J connectivity index is 1.70. The fourth-order valence-electron chi connectivity index (χ4n) is 2.60. The van der Waals surface area contributed by atoms with Crippen LogP contribution >= 0.6 is 27.3 Å². The molecule has 5 heteroatoms. The van der Waals surface area contributed by atoms with Crippen LogP contribution in [0.1, 0.15) is 24.1 Å². The first-order chi connectivity index (χ1) is 10.6. The van der Waals surface area contributed by atoms with Gasteiger partial charge in [0.1, 0.15) is 0 Å². The van der Waals surface area contributed by atoms with Crippen LogP contribution in [0.25, 0.3) is 11.3 Å². The molecule has 1 aromatic heterocycles. The van der Waals surface area contributed by atoms with Crippen molar-refractivity contribution in [2.24, 2.45) is 5.92 Å². The summed E-state index contributed by atoms with van der Waals surface area (Å²) in [5.74, 6) is 0.430. The number of rotatable bonds is 4. The summed E-state index contributed by atoms with van der Waals surface area (Å²) in [6.07, 6.45) is 7.00. The second-order valence-electron chi connectivity index (χ2n) is 5.45. The van der Waals surface area contributed by atoms with E-state index >= 15 is 0 Å². The highest BCUT2D eigenvalue weighted by Gasteiger charge is 2.16. The molecule has 0 spiro atoms. The molecule has 114 valence electrons. The minimum Gasteiger partial charge on any atom is -0.302 e. The standard InChI is InChI=1S/C17H17BrN2OS/c1-11-16(13-6-8-14(18)9-7-13)20-17(22-11)19-15(21)10-12-4-2-3-5-12/h2,4,6-9,12H,3,5,10H2,1H3,(H,19,20,21). The van der Waals surface area contributed by atoms with E-state index in [-0.39, 0.29) is 5.91 Å². The van der Waals surface area contributed by atoms with Crippen LogP contribution in [-0.2, 0) is 4.79 Å². The molecule has 0 fully saturated rings. The SMILES string of the molecule is Cc1sc(NC(=O)CC2C=CCC2)nc1-c1ccc(Br)cc1. The van der Waals surface area contributed by atoms with Gasteiger partial charge in [-0.2, -0.15) is 0 Å². The van der Waals surface area contributed by atoms with E-state index in [4.69, 9.17) is 0 Å². The summed E-state index contributed by atoms with van der Waals surface area (Å²) in [4.78, 5) is 17.8. The fourth-order valence-corrected chi connectivity index (χ4v) is 3.72. The Kier molecular flexibility index (Phi) is 4.74. The molecule has 1 atom stereocenters. The van der Waals surface area contributed by atoms with Crippen LogP contribution in [0.2, 0.25) is 0 Å². The molecule has 3 nitrogen and oxygen atoms in total. The normalized spacial score (nSPS) is 16.9. The number of carbonyl (C=O) groups excluding carboxylic acids is 1. The molecule has 2 aromatic rings. The first kappa shape index (κ1) is 15.4. The van der Waals surface area contributed by atoms with Crippen molar-refractivity contribution < 1.29 is 4.79 Å². The van der Waals surface area contributed by atoms with Gasteiger partial charge in [-0.05, 0) is 37.8 Å². The fraction of sp³-hybridized carbons (Fsp3) is 0.294. The smallest absolute Gasteiger partial charge is 0.226 e. The average molecular weight is 377 g/mol. The maximum Gasteiger partial charge on any atom is 0.226 e. The zero-order valence-corrected chi connectivity index (χ0v) is 14.7. The molecule has 3 rings (SSSR count). The van der Waals surface area contributed by atoms with Crippen LogP contribution in [0.5, 0.6) is 0 Å². The Bertz CT molecular complexity index is 706. The molecular weight excluding hydrogens is 360 g/mol. The van der Waals surface area contributed by atoms with Gasteiger partial charge < -0.3 is 5.32 Å². The highest BCUT2D eigenvalue weighted by molar-refractivity contribution is 9.10. The van der Waals surface area contributed by atoms with Crippen molar-refractivity contribution in [3.05, 3.63) is 45.8 Å². The van der Waals surface area contributed by atoms with Crippen molar-refractivity contribution in [3.8, 4) is 11.3 Å². The van der Waals surface area contributed by atoms with E-state index < -0.39 is 0 Å². The van der Waals surface area contributed by atoms with Crippen molar-refractivity contribution in [2.75, 3.05) is 5.32 Å². The number of aromatic nitrogens is 1. The van der Waals surface area contributed by atoms with E-state index in [1.165, 1.54) is 11.3 Å². The van der Waals surface area contributed by atoms with Gasteiger partial charge in [0.25, 0.3) is 0 Å². The van der Waals surface area contributed by atoms with Crippen molar-refractivity contribution in [3.63, 3.8) is 0 Å². The predicted molar refractivity (Wildman–Crippen MR) is 95.1 cm³/mol. The zero-order valence-electron chi connectivity index (χ0n) is 12.3. The number of carbonyl (C=O) groups is 1. The van der Waals surface area contributed by atoms with E-state index in [1.807, 2.05) is 31.2 Å². The predicted octanol–water partition coefficient (Wildman–Crippen LogP) is 5.18. The van der Waals surface area contributed by atoms with Gasteiger partial charge in [-0.3, -0.25) is 4.79 Å². The summed E-state index contributed by atoms with van der Waals surface area (Å²) in [6, 6.07) is 8.06. The van der Waals surface area contributed by atoms with E-state index in [1.54, 1.807) is 0 Å². The lowest BCUT2D eigenvalue weighted by atomic mass is 10.1. The quantitative estimate of drug-likeness (QED) is 0.747. The molecule has 0 saturated carbocycles. The Labute approximate surface area is 142 Å². The molecule has 1 aliphatic carbocycles. The third-order valence-electron chi connectivity index (χ3n) is 3.72. The van der Waals surface area contributed by atoms with E-state index in [2.05, 4.69) is 38.4 Å². The monoisotopic (exact) mass is 376 g/mol. The van der Waals surface area contributed by atoms with Crippen molar-refractivity contribution >= 4 is 38.3 Å². The second-order valence-corrected chi connectivity index (χ2v) is 7.57. The summed E-state index contributed by atoms with van der Waals surface area (Å²) in [5.41, 5.74) is 2.00. The number of hydrogen-bond donors (Lipinski definition) is 1. The third kappa shape index (κ3) is 3.65. The van der Waals surface area contributed by atoms with Crippen molar-refractivity contribution in [2.45, 2.75) is 26.2 Å². The van der Waals surface area contributed by atoms with E-state index in [0.717, 1.165) is 33.4 Å². The number of hydrogen-bond acceptors (Lipinski definition) is 3. The number of benzene rings is 1. The number of halogens is 1. The summed E-state index contributed by atoms with van der Waals surface area (Å²) < 4.78 is 1.04. The second kappa shape index (κ2) is 6.75. The summed E-state index contributed by atoms with van der Waals surface area (Å²) >= 11 is 4.96. The lowest BCUT2D eigenvalue weighted by Gasteiger charge is -2.06. The number of nitrogens with zero attached hydrogens (tertiary/aromatic N) is 1.